The van der Waals surface area contributed by atoms with Gasteiger partial charge in [0.25, 0.3) is 0 Å². The summed E-state index contributed by atoms with van der Waals surface area (Å²) >= 11 is 1.64. The summed E-state index contributed by atoms with van der Waals surface area (Å²) in [7, 11) is -3.46. The Morgan fingerprint density at radius 1 is 1.16 bits per heavy atom. The predicted octanol–water partition coefficient (Wildman–Crippen LogP) is 3.22. The SMILES string of the molecule is CCCc1ccc(S(=O)(=O)NCCc2csc(N3CCCC3)n2)cc1. The number of aryl methyl sites for hydroxylation is 1. The van der Waals surface area contributed by atoms with Crippen LogP contribution in [0, 0.1) is 0 Å². The maximum atomic E-state index is 12.4. The van der Waals surface area contributed by atoms with E-state index in [2.05, 4.69) is 21.5 Å². The van der Waals surface area contributed by atoms with Crippen molar-refractivity contribution < 1.29 is 8.42 Å². The van der Waals surface area contributed by atoms with E-state index < -0.39 is 10.0 Å². The third-order valence-corrected chi connectivity index (χ3v) is 6.79. The van der Waals surface area contributed by atoms with Crippen LogP contribution in [0.3, 0.4) is 0 Å². The first kappa shape index (κ1) is 18.4. The van der Waals surface area contributed by atoms with E-state index in [1.54, 1.807) is 23.5 Å². The molecule has 0 amide bonds. The van der Waals surface area contributed by atoms with Gasteiger partial charge in [-0.25, -0.2) is 18.1 Å². The lowest BCUT2D eigenvalue weighted by Gasteiger charge is -2.12. The fourth-order valence-corrected chi connectivity index (χ4v) is 4.93. The Bertz CT molecular complexity index is 779. The zero-order valence-corrected chi connectivity index (χ0v) is 16.2. The second kappa shape index (κ2) is 8.29. The topological polar surface area (TPSA) is 62.3 Å². The number of nitrogens with zero attached hydrogens (tertiary/aromatic N) is 2. The highest BCUT2D eigenvalue weighted by Crippen LogP contribution is 2.24. The van der Waals surface area contributed by atoms with Gasteiger partial charge in [-0.3, -0.25) is 0 Å². The van der Waals surface area contributed by atoms with Crippen LogP contribution in [-0.4, -0.2) is 33.0 Å². The fraction of sp³-hybridized carbons (Fsp3) is 0.500. The van der Waals surface area contributed by atoms with E-state index in [-0.39, 0.29) is 0 Å². The van der Waals surface area contributed by atoms with Crippen molar-refractivity contribution in [3.63, 3.8) is 0 Å². The van der Waals surface area contributed by atoms with Gasteiger partial charge in [0.05, 0.1) is 10.6 Å². The van der Waals surface area contributed by atoms with Crippen LogP contribution in [0.1, 0.15) is 37.4 Å². The minimum absolute atomic E-state index is 0.323. The third kappa shape index (κ3) is 4.80. The first-order valence-electron chi connectivity index (χ1n) is 8.86. The number of aromatic nitrogens is 1. The molecular formula is C18H25N3O2S2. The van der Waals surface area contributed by atoms with Crippen molar-refractivity contribution in [3.8, 4) is 0 Å². The number of rotatable bonds is 8. The summed E-state index contributed by atoms with van der Waals surface area (Å²) in [5, 5.41) is 3.09. The molecule has 0 aliphatic carbocycles. The third-order valence-electron chi connectivity index (χ3n) is 4.36. The Morgan fingerprint density at radius 3 is 2.56 bits per heavy atom. The lowest BCUT2D eigenvalue weighted by Crippen LogP contribution is -2.26. The van der Waals surface area contributed by atoms with Crippen molar-refractivity contribution in [2.75, 3.05) is 24.5 Å². The van der Waals surface area contributed by atoms with Gasteiger partial charge in [0, 0.05) is 31.4 Å². The molecule has 0 saturated carbocycles. The highest BCUT2D eigenvalue weighted by molar-refractivity contribution is 7.89. The van der Waals surface area contributed by atoms with Gasteiger partial charge >= 0.3 is 0 Å². The standard InChI is InChI=1S/C18H25N3O2S2/c1-2-5-15-6-8-17(9-7-15)25(22,23)19-11-10-16-14-24-18(20-16)21-12-3-4-13-21/h6-9,14,19H,2-5,10-13H2,1H3. The lowest BCUT2D eigenvalue weighted by molar-refractivity contribution is 0.581. The van der Waals surface area contributed by atoms with Gasteiger partial charge in [-0.05, 0) is 37.0 Å². The molecule has 5 nitrogen and oxygen atoms in total. The van der Waals surface area contributed by atoms with Crippen molar-refractivity contribution in [1.29, 1.82) is 0 Å². The van der Waals surface area contributed by atoms with Crippen molar-refractivity contribution in [3.05, 3.63) is 40.9 Å². The van der Waals surface area contributed by atoms with Gasteiger partial charge < -0.3 is 4.90 Å². The summed E-state index contributed by atoms with van der Waals surface area (Å²) in [6, 6.07) is 7.14. The van der Waals surface area contributed by atoms with E-state index in [1.165, 1.54) is 18.4 Å². The van der Waals surface area contributed by atoms with Crippen molar-refractivity contribution in [1.82, 2.24) is 9.71 Å². The zero-order chi connectivity index (χ0) is 17.7. The first-order chi connectivity index (χ1) is 12.1. The molecule has 0 spiro atoms. The van der Waals surface area contributed by atoms with Gasteiger partial charge in [-0.1, -0.05) is 25.5 Å². The van der Waals surface area contributed by atoms with Crippen molar-refractivity contribution in [2.24, 2.45) is 0 Å². The van der Waals surface area contributed by atoms with E-state index in [9.17, 15) is 8.42 Å². The number of benzene rings is 1. The van der Waals surface area contributed by atoms with Crippen LogP contribution in [0.2, 0.25) is 0 Å². The van der Waals surface area contributed by atoms with E-state index in [0.29, 0.717) is 17.9 Å². The van der Waals surface area contributed by atoms with Crippen molar-refractivity contribution in [2.45, 2.75) is 43.9 Å². The summed E-state index contributed by atoms with van der Waals surface area (Å²) in [6.07, 6.45) is 5.09. The van der Waals surface area contributed by atoms with Crippen LogP contribution in [0.15, 0.2) is 34.5 Å². The molecule has 2 aromatic rings. The number of hydrogen-bond donors (Lipinski definition) is 1. The second-order valence-corrected chi connectivity index (χ2v) is 8.96. The molecule has 1 saturated heterocycles. The second-order valence-electron chi connectivity index (χ2n) is 6.36. The number of nitrogens with one attached hydrogen (secondary N) is 1. The molecule has 0 unspecified atom stereocenters. The van der Waals surface area contributed by atoms with Crippen LogP contribution >= 0.6 is 11.3 Å². The molecule has 2 heterocycles. The highest BCUT2D eigenvalue weighted by atomic mass is 32.2. The van der Waals surface area contributed by atoms with Gasteiger partial charge in [-0.2, -0.15) is 0 Å². The lowest BCUT2D eigenvalue weighted by atomic mass is 10.1. The molecule has 1 aromatic carbocycles. The molecule has 1 aliphatic rings. The number of sulfonamides is 1. The Morgan fingerprint density at radius 2 is 1.88 bits per heavy atom. The molecule has 1 N–H and O–H groups in total. The van der Waals surface area contributed by atoms with Crippen molar-refractivity contribution >= 4 is 26.5 Å². The van der Waals surface area contributed by atoms with Gasteiger partial charge in [0.15, 0.2) is 5.13 Å². The maximum absolute atomic E-state index is 12.4. The maximum Gasteiger partial charge on any atom is 0.240 e. The van der Waals surface area contributed by atoms with Crippen LogP contribution in [0.4, 0.5) is 5.13 Å². The Labute approximate surface area is 154 Å². The van der Waals surface area contributed by atoms with E-state index >= 15 is 0 Å². The number of thiazole rings is 1. The molecule has 136 valence electrons. The van der Waals surface area contributed by atoms with E-state index in [0.717, 1.165) is 36.8 Å². The average Bonchev–Trinajstić information content (AvgIpc) is 3.27. The first-order valence-corrected chi connectivity index (χ1v) is 11.2. The quantitative estimate of drug-likeness (QED) is 0.765. The van der Waals surface area contributed by atoms with Crippen LogP contribution in [0.5, 0.6) is 0 Å². The average molecular weight is 380 g/mol. The normalized spacial score (nSPS) is 15.0. The monoisotopic (exact) mass is 379 g/mol. The molecule has 0 bridgehead atoms. The fourth-order valence-electron chi connectivity index (χ4n) is 2.99. The molecule has 1 aromatic heterocycles. The number of anilines is 1. The molecule has 0 atom stereocenters. The summed E-state index contributed by atoms with van der Waals surface area (Å²) in [5.41, 5.74) is 2.12. The largest absolute Gasteiger partial charge is 0.348 e. The summed E-state index contributed by atoms with van der Waals surface area (Å²) in [4.78, 5) is 7.25. The van der Waals surface area contributed by atoms with E-state index in [1.807, 2.05) is 17.5 Å². The summed E-state index contributed by atoms with van der Waals surface area (Å²) in [5.74, 6) is 0. The Balaban J connectivity index is 1.53. The van der Waals surface area contributed by atoms with Crippen LogP contribution in [-0.2, 0) is 22.9 Å². The number of hydrogen-bond acceptors (Lipinski definition) is 5. The molecular weight excluding hydrogens is 354 g/mol. The van der Waals surface area contributed by atoms with Gasteiger partial charge in [0.1, 0.15) is 0 Å². The molecule has 25 heavy (non-hydrogen) atoms. The molecule has 1 fully saturated rings. The van der Waals surface area contributed by atoms with Crippen LogP contribution < -0.4 is 9.62 Å². The summed E-state index contributed by atoms with van der Waals surface area (Å²) in [6.45, 7) is 4.63. The van der Waals surface area contributed by atoms with Crippen LogP contribution in [0.25, 0.3) is 0 Å². The predicted molar refractivity (Wildman–Crippen MR) is 103 cm³/mol. The summed E-state index contributed by atoms with van der Waals surface area (Å²) < 4.78 is 27.4. The molecule has 1 aliphatic heterocycles. The zero-order valence-electron chi connectivity index (χ0n) is 14.6. The smallest absolute Gasteiger partial charge is 0.240 e. The highest BCUT2D eigenvalue weighted by Gasteiger charge is 2.16. The minimum atomic E-state index is -3.46. The minimum Gasteiger partial charge on any atom is -0.348 e. The van der Waals surface area contributed by atoms with E-state index in [4.69, 9.17) is 0 Å². The molecule has 0 radical (unpaired) electrons. The Kier molecular flexibility index (Phi) is 6.09. The molecule has 3 rings (SSSR count). The molecule has 7 heteroatoms. The van der Waals surface area contributed by atoms with Gasteiger partial charge in [0.2, 0.25) is 10.0 Å². The Hall–Kier alpha value is -1.44. The van der Waals surface area contributed by atoms with Gasteiger partial charge in [-0.15, -0.1) is 11.3 Å².